The lowest BCUT2D eigenvalue weighted by atomic mass is 10.4. The zero-order valence-corrected chi connectivity index (χ0v) is 7.60. The van der Waals surface area contributed by atoms with Gasteiger partial charge in [-0.05, 0) is 18.9 Å². The van der Waals surface area contributed by atoms with Crippen molar-refractivity contribution in [2.24, 2.45) is 5.73 Å². The second-order valence-electron chi connectivity index (χ2n) is 2.79. The lowest BCUT2D eigenvalue weighted by molar-refractivity contribution is 0.279. The molecule has 0 aromatic heterocycles. The van der Waals surface area contributed by atoms with E-state index < -0.39 is 9.04 Å². The number of hydrogen-bond donors (Lipinski definition) is 1. The van der Waals surface area contributed by atoms with Gasteiger partial charge < -0.3 is 10.2 Å². The van der Waals surface area contributed by atoms with Gasteiger partial charge in [-0.1, -0.05) is 13.3 Å². The first-order valence-electron chi connectivity index (χ1n) is 4.08. The zero-order chi connectivity index (χ0) is 7.40. The summed E-state index contributed by atoms with van der Waals surface area (Å²) in [5, 5.41) is 0. The third-order valence-corrected chi connectivity index (χ3v) is 4.62. The van der Waals surface area contributed by atoms with Gasteiger partial charge in [0, 0.05) is 12.3 Å². The van der Waals surface area contributed by atoms with Crippen LogP contribution in [-0.4, -0.2) is 21.3 Å². The second kappa shape index (κ2) is 4.11. The highest BCUT2D eigenvalue weighted by atomic mass is 28.3. The van der Waals surface area contributed by atoms with Crippen molar-refractivity contribution in [3.05, 3.63) is 0 Å². The number of hydrogen-bond acceptors (Lipinski definition) is 2. The summed E-state index contributed by atoms with van der Waals surface area (Å²) in [5.74, 6) is 0. The first-order valence-corrected chi connectivity index (χ1v) is 5.78. The van der Waals surface area contributed by atoms with Crippen molar-refractivity contribution in [3.63, 3.8) is 0 Å². The van der Waals surface area contributed by atoms with E-state index in [1.165, 1.54) is 18.9 Å². The highest BCUT2D eigenvalue weighted by molar-refractivity contribution is 6.53. The van der Waals surface area contributed by atoms with Gasteiger partial charge in [-0.15, -0.1) is 0 Å². The van der Waals surface area contributed by atoms with Gasteiger partial charge in [0.2, 0.25) is 9.04 Å². The van der Waals surface area contributed by atoms with Gasteiger partial charge in [-0.3, -0.25) is 0 Å². The Morgan fingerprint density at radius 2 is 2.40 bits per heavy atom. The summed E-state index contributed by atoms with van der Waals surface area (Å²) in [7, 11) is -0.599. The number of rotatable bonds is 2. The van der Waals surface area contributed by atoms with Gasteiger partial charge >= 0.3 is 0 Å². The molecule has 1 radical (unpaired) electrons. The Bertz CT molecular complexity index is 93.6. The van der Waals surface area contributed by atoms with E-state index in [9.17, 15) is 0 Å². The molecule has 3 heteroatoms. The lowest BCUT2D eigenvalue weighted by Gasteiger charge is -2.24. The summed E-state index contributed by atoms with van der Waals surface area (Å²) in [6.45, 7) is 3.10. The molecule has 1 atom stereocenters. The Labute approximate surface area is 64.5 Å². The van der Waals surface area contributed by atoms with Crippen molar-refractivity contribution in [2.45, 2.75) is 37.9 Å². The van der Waals surface area contributed by atoms with E-state index in [1.54, 1.807) is 0 Å². The Kier molecular flexibility index (Phi) is 3.38. The largest absolute Gasteiger partial charge is 0.415 e. The Morgan fingerprint density at radius 3 is 2.90 bits per heavy atom. The maximum Gasteiger partial charge on any atom is 0.228 e. The molecule has 0 aromatic carbocycles. The highest BCUT2D eigenvalue weighted by Gasteiger charge is 2.22. The van der Waals surface area contributed by atoms with Crippen molar-refractivity contribution in [3.8, 4) is 0 Å². The van der Waals surface area contributed by atoms with Crippen LogP contribution in [0, 0.1) is 0 Å². The van der Waals surface area contributed by atoms with Gasteiger partial charge in [0.15, 0.2) is 0 Å². The smallest absolute Gasteiger partial charge is 0.228 e. The quantitative estimate of drug-likeness (QED) is 0.610. The van der Waals surface area contributed by atoms with E-state index >= 15 is 0 Å². The van der Waals surface area contributed by atoms with E-state index in [2.05, 4.69) is 6.92 Å². The maximum atomic E-state index is 5.87. The van der Waals surface area contributed by atoms with Crippen LogP contribution < -0.4 is 5.73 Å². The third-order valence-electron chi connectivity index (χ3n) is 1.96. The van der Waals surface area contributed by atoms with Gasteiger partial charge in [-0.25, -0.2) is 0 Å². The predicted molar refractivity (Wildman–Crippen MR) is 44.0 cm³/mol. The van der Waals surface area contributed by atoms with Crippen LogP contribution >= 0.6 is 0 Å². The highest BCUT2D eigenvalue weighted by Crippen LogP contribution is 2.13. The molecule has 0 bridgehead atoms. The average molecular weight is 158 g/mol. The lowest BCUT2D eigenvalue weighted by Crippen LogP contribution is -2.42. The molecule has 1 unspecified atom stereocenters. The zero-order valence-electron chi connectivity index (χ0n) is 6.60. The summed E-state index contributed by atoms with van der Waals surface area (Å²) in [6, 6.07) is 1.26. The normalized spacial score (nSPS) is 24.6. The Hall–Kier alpha value is 0.137. The molecule has 2 N–H and O–H groups in total. The minimum absolute atomic E-state index is 0.366. The molecule has 1 heterocycles. The molecule has 1 aliphatic heterocycles. The molecule has 0 amide bonds. The van der Waals surface area contributed by atoms with Crippen molar-refractivity contribution < 1.29 is 4.43 Å². The van der Waals surface area contributed by atoms with Gasteiger partial charge in [0.05, 0.1) is 0 Å². The summed E-state index contributed by atoms with van der Waals surface area (Å²) >= 11 is 0. The molecule has 2 nitrogen and oxygen atoms in total. The summed E-state index contributed by atoms with van der Waals surface area (Å²) in [5.41, 5.74) is 6.23. The summed E-state index contributed by atoms with van der Waals surface area (Å²) < 4.78 is 5.61. The van der Waals surface area contributed by atoms with Crippen LogP contribution in [0.1, 0.15) is 26.2 Å². The molecule has 10 heavy (non-hydrogen) atoms. The SMILES string of the molecule is CCC(N)[Si]1CCCCO1. The van der Waals surface area contributed by atoms with E-state index in [4.69, 9.17) is 10.2 Å². The van der Waals surface area contributed by atoms with Gasteiger partial charge in [0.1, 0.15) is 0 Å². The van der Waals surface area contributed by atoms with Crippen molar-refractivity contribution in [2.75, 3.05) is 6.61 Å². The van der Waals surface area contributed by atoms with Crippen LogP contribution in [0.15, 0.2) is 0 Å². The standard InChI is InChI=1S/C7H16NOSi/c1-2-7(8)10-6-4-3-5-9-10/h7H,2-6,8H2,1H3. The molecule has 0 aromatic rings. The monoisotopic (exact) mass is 158 g/mol. The minimum atomic E-state index is -0.599. The minimum Gasteiger partial charge on any atom is -0.415 e. The molecule has 0 saturated carbocycles. The fourth-order valence-corrected chi connectivity index (χ4v) is 3.39. The summed E-state index contributed by atoms with van der Waals surface area (Å²) in [4.78, 5) is 0. The fourth-order valence-electron chi connectivity index (χ4n) is 1.20. The first kappa shape index (κ1) is 8.24. The molecule has 1 fully saturated rings. The van der Waals surface area contributed by atoms with Gasteiger partial charge in [0.25, 0.3) is 0 Å². The first-order chi connectivity index (χ1) is 4.84. The topological polar surface area (TPSA) is 35.2 Å². The van der Waals surface area contributed by atoms with E-state index in [0.29, 0.717) is 5.67 Å². The second-order valence-corrected chi connectivity index (χ2v) is 5.25. The van der Waals surface area contributed by atoms with E-state index in [1.807, 2.05) is 0 Å². The average Bonchev–Trinajstić information content (AvgIpc) is 2.05. The van der Waals surface area contributed by atoms with Crippen molar-refractivity contribution >= 4 is 9.04 Å². The Morgan fingerprint density at radius 1 is 1.60 bits per heavy atom. The maximum absolute atomic E-state index is 5.87. The Balaban J connectivity index is 2.24. The van der Waals surface area contributed by atoms with Crippen molar-refractivity contribution in [1.82, 2.24) is 0 Å². The molecule has 0 spiro atoms. The third kappa shape index (κ3) is 2.07. The number of nitrogens with two attached hydrogens (primary N) is 1. The molecule has 1 rings (SSSR count). The molecule has 1 aliphatic rings. The van der Waals surface area contributed by atoms with E-state index in [-0.39, 0.29) is 0 Å². The van der Waals surface area contributed by atoms with Crippen LogP contribution in [0.2, 0.25) is 6.04 Å². The molecular formula is C7H16NOSi. The van der Waals surface area contributed by atoms with Crippen LogP contribution in [0.3, 0.4) is 0 Å². The van der Waals surface area contributed by atoms with Crippen LogP contribution in [-0.2, 0) is 4.43 Å². The van der Waals surface area contributed by atoms with Crippen molar-refractivity contribution in [1.29, 1.82) is 0 Å². The van der Waals surface area contributed by atoms with E-state index in [0.717, 1.165) is 13.0 Å². The fraction of sp³-hybridized carbons (Fsp3) is 1.00. The molecular weight excluding hydrogens is 142 g/mol. The molecule has 59 valence electrons. The summed E-state index contributed by atoms with van der Waals surface area (Å²) in [6.07, 6.45) is 3.65. The molecule has 1 saturated heterocycles. The van der Waals surface area contributed by atoms with Crippen LogP contribution in [0.5, 0.6) is 0 Å². The van der Waals surface area contributed by atoms with Crippen LogP contribution in [0.4, 0.5) is 0 Å². The molecule has 0 aliphatic carbocycles. The predicted octanol–water partition coefficient (Wildman–Crippen LogP) is 1.06. The van der Waals surface area contributed by atoms with Crippen LogP contribution in [0.25, 0.3) is 0 Å². The van der Waals surface area contributed by atoms with Gasteiger partial charge in [-0.2, -0.15) is 0 Å².